The van der Waals surface area contributed by atoms with Crippen molar-refractivity contribution >= 4 is 0 Å². The first-order valence-electron chi connectivity index (χ1n) is 6.89. The van der Waals surface area contributed by atoms with Crippen LogP contribution in [0.25, 0.3) is 11.3 Å². The molecule has 19 heavy (non-hydrogen) atoms. The molecule has 1 heterocycles. The molecule has 3 heteroatoms. The average molecular weight is 258 g/mol. The normalized spacial score (nSPS) is 11.2. The Balaban J connectivity index is 2.60. The molecule has 0 spiro atoms. The zero-order valence-electron chi connectivity index (χ0n) is 12.1. The summed E-state index contributed by atoms with van der Waals surface area (Å²) < 4.78 is 1.95. The van der Waals surface area contributed by atoms with Crippen LogP contribution in [0.5, 0.6) is 5.75 Å². The molecule has 0 atom stereocenters. The highest BCUT2D eigenvalue weighted by Gasteiger charge is 2.19. The smallest absolute Gasteiger partial charge is 0.164 e. The summed E-state index contributed by atoms with van der Waals surface area (Å²) in [4.78, 5) is 0. The Morgan fingerprint density at radius 3 is 2.53 bits per heavy atom. The van der Waals surface area contributed by atoms with Gasteiger partial charge in [-0.15, -0.1) is 0 Å². The van der Waals surface area contributed by atoms with Crippen molar-refractivity contribution in [2.75, 3.05) is 0 Å². The van der Waals surface area contributed by atoms with Gasteiger partial charge in [0.1, 0.15) is 11.4 Å². The second-order valence-electron chi connectivity index (χ2n) is 5.39. The van der Waals surface area contributed by atoms with Gasteiger partial charge in [-0.05, 0) is 24.8 Å². The lowest BCUT2D eigenvalue weighted by Crippen LogP contribution is -2.08. The molecule has 0 aliphatic heterocycles. The lowest BCUT2D eigenvalue weighted by molar-refractivity contribution is 0.466. The van der Waals surface area contributed by atoms with Gasteiger partial charge in [-0.2, -0.15) is 5.10 Å². The first kappa shape index (κ1) is 13.7. The number of aromatic hydroxyl groups is 1. The van der Waals surface area contributed by atoms with Crippen molar-refractivity contribution in [1.82, 2.24) is 9.78 Å². The van der Waals surface area contributed by atoms with E-state index >= 15 is 0 Å². The molecule has 0 unspecified atom stereocenters. The molecule has 0 amide bonds. The van der Waals surface area contributed by atoms with Crippen LogP contribution in [0.3, 0.4) is 0 Å². The molecule has 0 radical (unpaired) electrons. The fourth-order valence-electron chi connectivity index (χ4n) is 2.32. The van der Waals surface area contributed by atoms with Gasteiger partial charge in [0.15, 0.2) is 5.75 Å². The quantitative estimate of drug-likeness (QED) is 0.906. The summed E-state index contributed by atoms with van der Waals surface area (Å²) in [6, 6.07) is 8.12. The third-order valence-electron chi connectivity index (χ3n) is 3.27. The van der Waals surface area contributed by atoms with Crippen LogP contribution in [0.4, 0.5) is 0 Å². The van der Waals surface area contributed by atoms with Crippen molar-refractivity contribution in [3.63, 3.8) is 0 Å². The maximum Gasteiger partial charge on any atom is 0.164 e. The molecule has 0 bridgehead atoms. The molecule has 2 rings (SSSR count). The molecule has 0 fully saturated rings. The second kappa shape index (κ2) is 5.47. The van der Waals surface area contributed by atoms with Gasteiger partial charge in [0.2, 0.25) is 0 Å². The number of nitrogens with zero attached hydrogens (tertiary/aromatic N) is 2. The van der Waals surface area contributed by atoms with Crippen molar-refractivity contribution in [2.24, 2.45) is 5.92 Å². The molecule has 1 aromatic heterocycles. The number of hydrogen-bond donors (Lipinski definition) is 1. The van der Waals surface area contributed by atoms with Gasteiger partial charge >= 0.3 is 0 Å². The van der Waals surface area contributed by atoms with E-state index in [-0.39, 0.29) is 0 Å². The minimum absolute atomic E-state index is 0.331. The third kappa shape index (κ3) is 2.65. The molecular formula is C16H22N2O. The van der Waals surface area contributed by atoms with Crippen LogP contribution in [0.2, 0.25) is 0 Å². The summed E-state index contributed by atoms with van der Waals surface area (Å²) >= 11 is 0. The molecule has 1 N–H and O–H groups in total. The predicted octanol–water partition coefficient (Wildman–Crippen LogP) is 3.78. The third-order valence-corrected chi connectivity index (χ3v) is 3.27. The summed E-state index contributed by atoms with van der Waals surface area (Å²) in [6.07, 6.45) is 0.746. The average Bonchev–Trinajstić information content (AvgIpc) is 2.66. The summed E-state index contributed by atoms with van der Waals surface area (Å²) in [5, 5.41) is 15.0. The van der Waals surface area contributed by atoms with Gasteiger partial charge in [-0.3, -0.25) is 4.68 Å². The Morgan fingerprint density at radius 2 is 1.95 bits per heavy atom. The van der Waals surface area contributed by atoms with Crippen LogP contribution >= 0.6 is 0 Å². The first-order valence-corrected chi connectivity index (χ1v) is 6.89. The highest BCUT2D eigenvalue weighted by Crippen LogP contribution is 2.34. The highest BCUT2D eigenvalue weighted by atomic mass is 16.3. The van der Waals surface area contributed by atoms with E-state index in [1.807, 2.05) is 29.8 Å². The molecular weight excluding hydrogens is 236 g/mol. The van der Waals surface area contributed by atoms with Crippen molar-refractivity contribution in [3.05, 3.63) is 35.5 Å². The van der Waals surface area contributed by atoms with Gasteiger partial charge in [-0.25, -0.2) is 0 Å². The Labute approximate surface area is 114 Å². The molecule has 2 aromatic rings. The minimum Gasteiger partial charge on any atom is -0.504 e. The Bertz CT molecular complexity index is 570. The monoisotopic (exact) mass is 258 g/mol. The number of aromatic nitrogens is 2. The van der Waals surface area contributed by atoms with E-state index in [4.69, 9.17) is 0 Å². The Kier molecular flexibility index (Phi) is 3.93. The molecule has 102 valence electrons. The predicted molar refractivity (Wildman–Crippen MR) is 78.3 cm³/mol. The van der Waals surface area contributed by atoms with E-state index in [9.17, 15) is 5.11 Å². The SMILES string of the molecule is CCc1nn(CC(C)C)c(-c2ccccc2C)c1O. The standard InChI is InChI=1S/C16H22N2O/c1-5-14-16(19)15(18(17-14)10-11(2)3)13-9-7-6-8-12(13)4/h6-9,11,19H,5,10H2,1-4H3. The maximum atomic E-state index is 10.4. The molecule has 0 saturated carbocycles. The minimum atomic E-state index is 0.331. The summed E-state index contributed by atoms with van der Waals surface area (Å²) in [5.74, 6) is 0.823. The van der Waals surface area contributed by atoms with E-state index in [1.54, 1.807) is 0 Å². The van der Waals surface area contributed by atoms with Gasteiger partial charge in [-0.1, -0.05) is 45.0 Å². The number of hydrogen-bond acceptors (Lipinski definition) is 2. The molecule has 0 aliphatic carbocycles. The summed E-state index contributed by atoms with van der Waals surface area (Å²) in [6.45, 7) is 9.21. The fourth-order valence-corrected chi connectivity index (χ4v) is 2.32. The van der Waals surface area contributed by atoms with Crippen LogP contribution in [0, 0.1) is 12.8 Å². The molecule has 0 saturated heterocycles. The highest BCUT2D eigenvalue weighted by molar-refractivity contribution is 5.70. The van der Waals surface area contributed by atoms with Crippen molar-refractivity contribution < 1.29 is 5.11 Å². The number of benzene rings is 1. The van der Waals surface area contributed by atoms with Crippen LogP contribution < -0.4 is 0 Å². The van der Waals surface area contributed by atoms with E-state index in [2.05, 4.69) is 31.9 Å². The van der Waals surface area contributed by atoms with Crippen molar-refractivity contribution in [3.8, 4) is 17.0 Å². The van der Waals surface area contributed by atoms with E-state index in [1.165, 1.54) is 0 Å². The molecule has 0 aliphatic rings. The maximum absolute atomic E-state index is 10.4. The molecule has 3 nitrogen and oxygen atoms in total. The van der Waals surface area contributed by atoms with Crippen molar-refractivity contribution in [2.45, 2.75) is 40.7 Å². The lowest BCUT2D eigenvalue weighted by atomic mass is 10.0. The topological polar surface area (TPSA) is 38.0 Å². The van der Waals surface area contributed by atoms with Gasteiger partial charge in [0.25, 0.3) is 0 Å². The van der Waals surface area contributed by atoms with Crippen LogP contribution in [-0.2, 0) is 13.0 Å². The van der Waals surface area contributed by atoms with E-state index < -0.39 is 0 Å². The first-order chi connectivity index (χ1) is 9.04. The van der Waals surface area contributed by atoms with E-state index in [0.717, 1.165) is 35.5 Å². The van der Waals surface area contributed by atoms with Crippen LogP contribution in [0.1, 0.15) is 32.0 Å². The van der Waals surface area contributed by atoms with Gasteiger partial charge < -0.3 is 5.11 Å². The molecule has 1 aromatic carbocycles. The number of rotatable bonds is 4. The van der Waals surface area contributed by atoms with Crippen LogP contribution in [-0.4, -0.2) is 14.9 Å². The fraction of sp³-hybridized carbons (Fsp3) is 0.438. The largest absolute Gasteiger partial charge is 0.504 e. The number of aryl methyl sites for hydroxylation is 2. The van der Waals surface area contributed by atoms with Gasteiger partial charge in [0, 0.05) is 12.1 Å². The Hall–Kier alpha value is -1.77. The zero-order chi connectivity index (χ0) is 14.0. The van der Waals surface area contributed by atoms with Gasteiger partial charge in [0.05, 0.1) is 0 Å². The van der Waals surface area contributed by atoms with E-state index in [0.29, 0.717) is 11.7 Å². The summed E-state index contributed by atoms with van der Waals surface area (Å²) in [5.41, 5.74) is 3.85. The van der Waals surface area contributed by atoms with Crippen LogP contribution in [0.15, 0.2) is 24.3 Å². The zero-order valence-corrected chi connectivity index (χ0v) is 12.1. The lowest BCUT2D eigenvalue weighted by Gasteiger charge is -2.11. The second-order valence-corrected chi connectivity index (χ2v) is 5.39. The summed E-state index contributed by atoms with van der Waals surface area (Å²) in [7, 11) is 0. The Morgan fingerprint density at radius 1 is 1.26 bits per heavy atom. The van der Waals surface area contributed by atoms with Crippen molar-refractivity contribution in [1.29, 1.82) is 0 Å².